The van der Waals surface area contributed by atoms with Crippen LogP contribution in [0.15, 0.2) is 18.3 Å². The third kappa shape index (κ3) is 2.83. The van der Waals surface area contributed by atoms with E-state index in [1.165, 1.54) is 12.8 Å². The zero-order chi connectivity index (χ0) is 14.8. The highest BCUT2D eigenvalue weighted by atomic mass is 16.3. The minimum Gasteiger partial charge on any atom is -0.387 e. The predicted molar refractivity (Wildman–Crippen MR) is 76.2 cm³/mol. The number of amides is 1. The summed E-state index contributed by atoms with van der Waals surface area (Å²) >= 11 is 0. The SMILES string of the molecule is N#Cc1cccnc1N[C@@H]1CN(C(=O)CO)C[C@H]1C1CC1. The van der Waals surface area contributed by atoms with Gasteiger partial charge >= 0.3 is 0 Å². The number of likely N-dealkylation sites (tertiary alicyclic amines) is 1. The van der Waals surface area contributed by atoms with E-state index in [4.69, 9.17) is 10.4 Å². The number of carbonyl (C=O) groups excluding carboxylic acids is 1. The standard InChI is InChI=1S/C15H18N4O2/c16-6-11-2-1-5-17-15(11)18-13-8-19(14(21)9-20)7-12(13)10-3-4-10/h1-2,5,10,12-13,20H,3-4,7-9H2,(H,17,18)/t12-,13+/m0/s1. The first-order chi connectivity index (χ1) is 10.2. The lowest BCUT2D eigenvalue weighted by molar-refractivity contribution is -0.133. The smallest absolute Gasteiger partial charge is 0.248 e. The fraction of sp³-hybridized carbons (Fsp3) is 0.533. The van der Waals surface area contributed by atoms with E-state index >= 15 is 0 Å². The molecule has 0 bridgehead atoms. The first-order valence-corrected chi connectivity index (χ1v) is 7.23. The van der Waals surface area contributed by atoms with Crippen molar-refractivity contribution in [1.29, 1.82) is 5.26 Å². The van der Waals surface area contributed by atoms with Crippen LogP contribution in [0, 0.1) is 23.2 Å². The van der Waals surface area contributed by atoms with Crippen molar-refractivity contribution in [2.75, 3.05) is 25.0 Å². The van der Waals surface area contributed by atoms with Crippen molar-refractivity contribution in [1.82, 2.24) is 9.88 Å². The molecule has 1 aromatic heterocycles. The van der Waals surface area contributed by atoms with Gasteiger partial charge in [0.05, 0.1) is 5.56 Å². The normalized spacial score (nSPS) is 24.7. The second-order valence-corrected chi connectivity index (χ2v) is 5.72. The van der Waals surface area contributed by atoms with Gasteiger partial charge in [-0.2, -0.15) is 5.26 Å². The summed E-state index contributed by atoms with van der Waals surface area (Å²) in [6.07, 6.45) is 4.04. The number of aliphatic hydroxyl groups is 1. The lowest BCUT2D eigenvalue weighted by Crippen LogP contribution is -2.33. The predicted octanol–water partition coefficient (Wildman–Crippen LogP) is 0.594. The molecule has 2 N–H and O–H groups in total. The Hall–Kier alpha value is -2.13. The average Bonchev–Trinajstić information content (AvgIpc) is 3.28. The van der Waals surface area contributed by atoms with Crippen molar-refractivity contribution in [2.45, 2.75) is 18.9 Å². The molecule has 1 aromatic rings. The Morgan fingerprint density at radius 2 is 2.33 bits per heavy atom. The van der Waals surface area contributed by atoms with Crippen LogP contribution in [-0.4, -0.2) is 46.6 Å². The first kappa shape index (κ1) is 13.8. The summed E-state index contributed by atoms with van der Waals surface area (Å²) in [4.78, 5) is 17.6. The molecule has 2 fully saturated rings. The van der Waals surface area contributed by atoms with Crippen molar-refractivity contribution >= 4 is 11.7 Å². The molecule has 21 heavy (non-hydrogen) atoms. The number of carbonyl (C=O) groups is 1. The van der Waals surface area contributed by atoms with Gasteiger partial charge in [0.25, 0.3) is 0 Å². The number of pyridine rings is 1. The summed E-state index contributed by atoms with van der Waals surface area (Å²) in [7, 11) is 0. The molecular formula is C15H18N4O2. The van der Waals surface area contributed by atoms with Crippen LogP contribution in [0.25, 0.3) is 0 Å². The van der Waals surface area contributed by atoms with E-state index in [1.807, 2.05) is 0 Å². The van der Waals surface area contributed by atoms with Crippen LogP contribution in [0.2, 0.25) is 0 Å². The molecule has 0 unspecified atom stereocenters. The molecule has 1 saturated carbocycles. The Bertz CT molecular complexity index is 579. The summed E-state index contributed by atoms with van der Waals surface area (Å²) in [5.74, 6) is 1.35. The van der Waals surface area contributed by atoms with Gasteiger partial charge in [0.1, 0.15) is 18.5 Å². The van der Waals surface area contributed by atoms with Gasteiger partial charge in [0.15, 0.2) is 0 Å². The van der Waals surface area contributed by atoms with Gasteiger partial charge in [-0.25, -0.2) is 4.98 Å². The number of aromatic nitrogens is 1. The molecule has 110 valence electrons. The largest absolute Gasteiger partial charge is 0.387 e. The Morgan fingerprint density at radius 3 is 3.00 bits per heavy atom. The average molecular weight is 286 g/mol. The van der Waals surface area contributed by atoms with E-state index in [0.29, 0.717) is 36.3 Å². The highest BCUT2D eigenvalue weighted by Gasteiger charge is 2.43. The number of hydrogen-bond acceptors (Lipinski definition) is 5. The maximum absolute atomic E-state index is 11.7. The van der Waals surface area contributed by atoms with Gasteiger partial charge in [-0.3, -0.25) is 4.79 Å². The van der Waals surface area contributed by atoms with Crippen LogP contribution in [0.3, 0.4) is 0 Å². The molecule has 2 atom stereocenters. The summed E-state index contributed by atoms with van der Waals surface area (Å²) < 4.78 is 0. The van der Waals surface area contributed by atoms with Crippen LogP contribution >= 0.6 is 0 Å². The Balaban J connectivity index is 1.76. The van der Waals surface area contributed by atoms with E-state index < -0.39 is 6.61 Å². The van der Waals surface area contributed by atoms with E-state index in [-0.39, 0.29) is 11.9 Å². The minimum atomic E-state index is -0.447. The zero-order valence-electron chi connectivity index (χ0n) is 11.7. The summed E-state index contributed by atoms with van der Waals surface area (Å²) in [5.41, 5.74) is 0.513. The molecule has 0 spiro atoms. The van der Waals surface area contributed by atoms with Crippen LogP contribution in [-0.2, 0) is 4.79 Å². The topological polar surface area (TPSA) is 89.3 Å². The van der Waals surface area contributed by atoms with Gasteiger partial charge in [0, 0.05) is 31.2 Å². The van der Waals surface area contributed by atoms with Gasteiger partial charge in [0.2, 0.25) is 5.91 Å². The molecule has 0 aromatic carbocycles. The number of nitriles is 1. The molecule has 6 heteroatoms. The maximum Gasteiger partial charge on any atom is 0.248 e. The maximum atomic E-state index is 11.7. The van der Waals surface area contributed by atoms with Crippen molar-refractivity contribution in [2.24, 2.45) is 11.8 Å². The highest BCUT2D eigenvalue weighted by molar-refractivity contribution is 5.77. The molecule has 6 nitrogen and oxygen atoms in total. The molecule has 2 aliphatic rings. The number of anilines is 1. The van der Waals surface area contributed by atoms with Crippen molar-refractivity contribution in [3.8, 4) is 6.07 Å². The summed E-state index contributed by atoms with van der Waals surface area (Å²) in [6, 6.07) is 5.69. The zero-order valence-corrected chi connectivity index (χ0v) is 11.7. The number of hydrogen-bond donors (Lipinski definition) is 2. The van der Waals surface area contributed by atoms with Crippen LogP contribution in [0.1, 0.15) is 18.4 Å². The molecule has 1 aliphatic carbocycles. The van der Waals surface area contributed by atoms with E-state index in [1.54, 1.807) is 23.2 Å². The Labute approximate surface area is 123 Å². The number of nitrogens with one attached hydrogen (secondary N) is 1. The Morgan fingerprint density at radius 1 is 1.52 bits per heavy atom. The van der Waals surface area contributed by atoms with Gasteiger partial charge in [-0.05, 0) is 30.9 Å². The second-order valence-electron chi connectivity index (χ2n) is 5.72. The molecule has 1 saturated heterocycles. The van der Waals surface area contributed by atoms with E-state index in [0.717, 1.165) is 0 Å². The molecule has 1 aliphatic heterocycles. The van der Waals surface area contributed by atoms with Crippen LogP contribution < -0.4 is 5.32 Å². The number of nitrogens with zero attached hydrogens (tertiary/aromatic N) is 3. The third-order valence-electron chi connectivity index (χ3n) is 4.33. The summed E-state index contributed by atoms with van der Waals surface area (Å²) in [6.45, 7) is 0.787. The fourth-order valence-electron chi connectivity index (χ4n) is 3.07. The third-order valence-corrected chi connectivity index (χ3v) is 4.33. The number of rotatable bonds is 4. The van der Waals surface area contributed by atoms with Crippen molar-refractivity contribution < 1.29 is 9.90 Å². The first-order valence-electron chi connectivity index (χ1n) is 7.23. The van der Waals surface area contributed by atoms with Crippen molar-refractivity contribution in [3.63, 3.8) is 0 Å². The van der Waals surface area contributed by atoms with Gasteiger partial charge < -0.3 is 15.3 Å². The highest BCUT2D eigenvalue weighted by Crippen LogP contribution is 2.42. The minimum absolute atomic E-state index is 0.0926. The molecule has 2 heterocycles. The molecule has 0 radical (unpaired) electrons. The van der Waals surface area contributed by atoms with Crippen molar-refractivity contribution in [3.05, 3.63) is 23.9 Å². The quantitative estimate of drug-likeness (QED) is 0.846. The molecular weight excluding hydrogens is 268 g/mol. The van der Waals surface area contributed by atoms with Gasteiger partial charge in [-0.15, -0.1) is 0 Å². The van der Waals surface area contributed by atoms with E-state index in [9.17, 15) is 4.79 Å². The second kappa shape index (κ2) is 5.70. The Kier molecular flexibility index (Phi) is 3.76. The summed E-state index contributed by atoms with van der Waals surface area (Å²) in [5, 5.41) is 21.5. The molecule has 3 rings (SSSR count). The van der Waals surface area contributed by atoms with E-state index in [2.05, 4.69) is 16.4 Å². The lowest BCUT2D eigenvalue weighted by atomic mass is 9.98. The number of aliphatic hydroxyl groups excluding tert-OH is 1. The van der Waals surface area contributed by atoms with Gasteiger partial charge in [-0.1, -0.05) is 0 Å². The monoisotopic (exact) mass is 286 g/mol. The fourth-order valence-corrected chi connectivity index (χ4v) is 3.07. The van der Waals surface area contributed by atoms with Crippen LogP contribution in [0.5, 0.6) is 0 Å². The van der Waals surface area contributed by atoms with Crippen LogP contribution in [0.4, 0.5) is 5.82 Å². The molecule has 1 amide bonds. The lowest BCUT2D eigenvalue weighted by Gasteiger charge is -2.20.